The SMILES string of the molecule is CCc1ccc(CNC(=O)[C@@H]2C[C@@]3(CCN(C(C)C)C3)C(=O)N2)cc1. The molecule has 2 aliphatic heterocycles. The van der Waals surface area contributed by atoms with E-state index < -0.39 is 6.04 Å². The van der Waals surface area contributed by atoms with Crippen LogP contribution in [0.15, 0.2) is 24.3 Å². The third kappa shape index (κ3) is 3.71. The maximum Gasteiger partial charge on any atom is 0.242 e. The third-order valence-corrected chi connectivity index (χ3v) is 5.71. The molecule has 1 aromatic carbocycles. The van der Waals surface area contributed by atoms with Crippen molar-refractivity contribution in [1.82, 2.24) is 15.5 Å². The molecule has 0 aliphatic carbocycles. The van der Waals surface area contributed by atoms with Gasteiger partial charge in [-0.1, -0.05) is 31.2 Å². The van der Waals surface area contributed by atoms with Crippen LogP contribution in [0.25, 0.3) is 0 Å². The second-order valence-corrected chi connectivity index (χ2v) is 7.71. The molecule has 136 valence electrons. The lowest BCUT2D eigenvalue weighted by Crippen LogP contribution is -2.41. The molecule has 1 aromatic rings. The van der Waals surface area contributed by atoms with Gasteiger partial charge >= 0.3 is 0 Å². The molecule has 0 bridgehead atoms. The minimum atomic E-state index is -0.408. The Bertz CT molecular complexity index is 641. The predicted molar refractivity (Wildman–Crippen MR) is 98.0 cm³/mol. The Morgan fingerprint density at radius 3 is 2.60 bits per heavy atom. The molecule has 2 N–H and O–H groups in total. The van der Waals surface area contributed by atoms with Crippen molar-refractivity contribution < 1.29 is 9.59 Å². The first-order valence-corrected chi connectivity index (χ1v) is 9.34. The summed E-state index contributed by atoms with van der Waals surface area (Å²) in [5.74, 6) is -0.0316. The molecule has 2 aliphatic rings. The zero-order chi connectivity index (χ0) is 18.0. The first-order valence-electron chi connectivity index (χ1n) is 9.34. The zero-order valence-corrected chi connectivity index (χ0v) is 15.5. The van der Waals surface area contributed by atoms with E-state index in [0.29, 0.717) is 19.0 Å². The Kier molecular flexibility index (Phi) is 5.13. The fraction of sp³-hybridized carbons (Fsp3) is 0.600. The van der Waals surface area contributed by atoms with Gasteiger partial charge in [-0.3, -0.25) is 14.5 Å². The fourth-order valence-electron chi connectivity index (χ4n) is 3.91. The summed E-state index contributed by atoms with van der Waals surface area (Å²) in [6, 6.07) is 8.30. The summed E-state index contributed by atoms with van der Waals surface area (Å²) in [5, 5.41) is 5.89. The van der Waals surface area contributed by atoms with Gasteiger partial charge in [0.05, 0.1) is 5.41 Å². The molecule has 2 amide bonds. The van der Waals surface area contributed by atoms with Crippen molar-refractivity contribution in [2.24, 2.45) is 5.41 Å². The van der Waals surface area contributed by atoms with E-state index in [1.807, 2.05) is 12.1 Å². The lowest BCUT2D eigenvalue weighted by atomic mass is 9.84. The van der Waals surface area contributed by atoms with Crippen molar-refractivity contribution in [1.29, 1.82) is 0 Å². The topological polar surface area (TPSA) is 61.4 Å². The number of aryl methyl sites for hydroxylation is 1. The predicted octanol–water partition coefficient (Wildman–Crippen LogP) is 1.85. The number of hydrogen-bond acceptors (Lipinski definition) is 3. The van der Waals surface area contributed by atoms with Crippen LogP contribution in [0.3, 0.4) is 0 Å². The van der Waals surface area contributed by atoms with Crippen molar-refractivity contribution in [3.05, 3.63) is 35.4 Å². The average molecular weight is 343 g/mol. The van der Waals surface area contributed by atoms with Crippen LogP contribution in [-0.4, -0.2) is 41.9 Å². The van der Waals surface area contributed by atoms with Gasteiger partial charge in [0.1, 0.15) is 6.04 Å². The molecule has 2 atom stereocenters. The monoisotopic (exact) mass is 343 g/mol. The highest BCUT2D eigenvalue weighted by Crippen LogP contribution is 2.40. The maximum absolute atomic E-state index is 12.5. The van der Waals surface area contributed by atoms with Crippen molar-refractivity contribution in [3.63, 3.8) is 0 Å². The van der Waals surface area contributed by atoms with Gasteiger partial charge in [-0.25, -0.2) is 0 Å². The number of hydrogen-bond donors (Lipinski definition) is 2. The Hall–Kier alpha value is -1.88. The molecule has 5 heteroatoms. The maximum atomic E-state index is 12.5. The minimum absolute atomic E-state index is 0.0445. The Balaban J connectivity index is 1.56. The molecule has 0 radical (unpaired) electrons. The molecule has 2 saturated heterocycles. The Morgan fingerprint density at radius 2 is 2.00 bits per heavy atom. The highest BCUT2D eigenvalue weighted by atomic mass is 16.2. The third-order valence-electron chi connectivity index (χ3n) is 5.71. The van der Waals surface area contributed by atoms with Gasteiger partial charge in [-0.2, -0.15) is 0 Å². The quantitative estimate of drug-likeness (QED) is 0.858. The summed E-state index contributed by atoms with van der Waals surface area (Å²) in [7, 11) is 0. The van der Waals surface area contributed by atoms with Crippen LogP contribution in [0.4, 0.5) is 0 Å². The van der Waals surface area contributed by atoms with Gasteiger partial charge in [0.15, 0.2) is 0 Å². The highest BCUT2D eigenvalue weighted by molar-refractivity contribution is 5.94. The number of amides is 2. The molecular formula is C20H29N3O2. The summed E-state index contributed by atoms with van der Waals surface area (Å²) >= 11 is 0. The molecule has 25 heavy (non-hydrogen) atoms. The molecular weight excluding hydrogens is 314 g/mol. The van der Waals surface area contributed by atoms with Crippen LogP contribution in [0, 0.1) is 5.41 Å². The van der Waals surface area contributed by atoms with Gasteiger partial charge in [0.25, 0.3) is 0 Å². The molecule has 0 unspecified atom stereocenters. The van der Waals surface area contributed by atoms with Crippen LogP contribution in [0.2, 0.25) is 0 Å². The Morgan fingerprint density at radius 1 is 1.32 bits per heavy atom. The summed E-state index contributed by atoms with van der Waals surface area (Å²) in [4.78, 5) is 27.3. The van der Waals surface area contributed by atoms with Gasteiger partial charge < -0.3 is 10.6 Å². The highest BCUT2D eigenvalue weighted by Gasteiger charge is 2.52. The number of nitrogens with zero attached hydrogens (tertiary/aromatic N) is 1. The van der Waals surface area contributed by atoms with E-state index in [0.717, 1.165) is 31.5 Å². The first-order chi connectivity index (χ1) is 11.9. The molecule has 2 fully saturated rings. The number of likely N-dealkylation sites (tertiary alicyclic amines) is 1. The summed E-state index contributed by atoms with van der Waals surface area (Å²) in [6.45, 7) is 8.63. The summed E-state index contributed by atoms with van der Waals surface area (Å²) < 4.78 is 0. The molecule has 5 nitrogen and oxygen atoms in total. The van der Waals surface area contributed by atoms with Gasteiger partial charge in [0.2, 0.25) is 11.8 Å². The van der Waals surface area contributed by atoms with Crippen LogP contribution >= 0.6 is 0 Å². The second kappa shape index (κ2) is 7.16. The standard InChI is InChI=1S/C20H29N3O2/c1-4-15-5-7-16(8-6-15)12-21-18(24)17-11-20(19(25)22-17)9-10-23(13-20)14(2)3/h5-8,14,17H,4,9-13H2,1-3H3,(H,21,24)(H,22,25)/t17-,20+/m0/s1. The van der Waals surface area contributed by atoms with Crippen LogP contribution in [0.5, 0.6) is 0 Å². The number of rotatable bonds is 5. The van der Waals surface area contributed by atoms with E-state index in [4.69, 9.17) is 0 Å². The zero-order valence-electron chi connectivity index (χ0n) is 15.5. The van der Waals surface area contributed by atoms with Crippen LogP contribution < -0.4 is 10.6 Å². The Labute approximate surface area is 150 Å². The van der Waals surface area contributed by atoms with E-state index in [2.05, 4.69) is 48.4 Å². The molecule has 3 rings (SSSR count). The molecule has 0 aromatic heterocycles. The number of carbonyl (C=O) groups is 2. The first kappa shape index (κ1) is 17.9. The number of benzene rings is 1. The minimum Gasteiger partial charge on any atom is -0.350 e. The van der Waals surface area contributed by atoms with E-state index in [1.165, 1.54) is 5.56 Å². The van der Waals surface area contributed by atoms with Gasteiger partial charge in [0, 0.05) is 19.1 Å². The van der Waals surface area contributed by atoms with Gasteiger partial charge in [-0.15, -0.1) is 0 Å². The second-order valence-electron chi connectivity index (χ2n) is 7.71. The lowest BCUT2D eigenvalue weighted by molar-refractivity contribution is -0.128. The molecule has 1 spiro atoms. The molecule has 2 heterocycles. The van der Waals surface area contributed by atoms with Crippen molar-refractivity contribution >= 4 is 11.8 Å². The van der Waals surface area contributed by atoms with Crippen LogP contribution in [0.1, 0.15) is 44.7 Å². The van der Waals surface area contributed by atoms with E-state index in [-0.39, 0.29) is 17.2 Å². The number of nitrogens with one attached hydrogen (secondary N) is 2. The van der Waals surface area contributed by atoms with Crippen molar-refractivity contribution in [3.8, 4) is 0 Å². The average Bonchev–Trinajstić information content (AvgIpc) is 3.18. The largest absolute Gasteiger partial charge is 0.350 e. The molecule has 0 saturated carbocycles. The van der Waals surface area contributed by atoms with E-state index in [9.17, 15) is 9.59 Å². The normalized spacial score (nSPS) is 26.4. The number of carbonyl (C=O) groups excluding carboxylic acids is 2. The van der Waals surface area contributed by atoms with E-state index in [1.54, 1.807) is 0 Å². The van der Waals surface area contributed by atoms with Crippen molar-refractivity contribution in [2.45, 2.75) is 58.7 Å². The van der Waals surface area contributed by atoms with Gasteiger partial charge in [-0.05, 0) is 50.8 Å². The van der Waals surface area contributed by atoms with Crippen molar-refractivity contribution in [2.75, 3.05) is 13.1 Å². The lowest BCUT2D eigenvalue weighted by Gasteiger charge is -2.23. The van der Waals surface area contributed by atoms with Crippen LogP contribution in [-0.2, 0) is 22.6 Å². The summed E-state index contributed by atoms with van der Waals surface area (Å²) in [5.41, 5.74) is 1.99. The smallest absolute Gasteiger partial charge is 0.242 e. The van der Waals surface area contributed by atoms with E-state index >= 15 is 0 Å². The fourth-order valence-corrected chi connectivity index (χ4v) is 3.91. The summed E-state index contributed by atoms with van der Waals surface area (Å²) in [6.07, 6.45) is 2.46.